The van der Waals surface area contributed by atoms with Crippen LogP contribution in [0.15, 0.2) is 12.3 Å². The Balaban J connectivity index is 2.09. The van der Waals surface area contributed by atoms with E-state index in [9.17, 15) is 9.59 Å². The molecule has 0 fully saturated rings. The molecule has 1 amide bonds. The maximum absolute atomic E-state index is 12.1. The number of carbonyl (C=O) groups is 2. The zero-order chi connectivity index (χ0) is 15.6. The maximum Gasteiger partial charge on any atom is 0.306 e. The van der Waals surface area contributed by atoms with Crippen LogP contribution < -0.4 is 5.32 Å². The highest BCUT2D eigenvalue weighted by Crippen LogP contribution is 2.11. The van der Waals surface area contributed by atoms with E-state index in [0.717, 1.165) is 5.69 Å². The molecule has 2 heterocycles. The SMILES string of the molecule is Cc1cc2ncc(C(=O)NCCC(C)C(=O)O)c(C)n2n1. The van der Waals surface area contributed by atoms with Crippen molar-refractivity contribution in [1.82, 2.24) is 19.9 Å². The van der Waals surface area contributed by atoms with E-state index in [0.29, 0.717) is 29.9 Å². The Morgan fingerprint density at radius 1 is 1.43 bits per heavy atom. The third kappa shape index (κ3) is 3.18. The van der Waals surface area contributed by atoms with Crippen LogP contribution in [0.25, 0.3) is 5.65 Å². The molecule has 0 aliphatic carbocycles. The molecule has 0 aliphatic heterocycles. The lowest BCUT2D eigenvalue weighted by Gasteiger charge is -2.10. The Kier molecular flexibility index (Phi) is 4.21. The molecule has 2 rings (SSSR count). The van der Waals surface area contributed by atoms with Gasteiger partial charge in [-0.3, -0.25) is 9.59 Å². The van der Waals surface area contributed by atoms with Gasteiger partial charge in [0.15, 0.2) is 5.65 Å². The number of carboxylic acids is 1. The van der Waals surface area contributed by atoms with E-state index in [4.69, 9.17) is 5.11 Å². The average Bonchev–Trinajstić information content (AvgIpc) is 2.80. The molecule has 1 atom stereocenters. The minimum atomic E-state index is -0.865. The van der Waals surface area contributed by atoms with Crippen molar-refractivity contribution in [2.24, 2.45) is 5.92 Å². The van der Waals surface area contributed by atoms with Crippen molar-refractivity contribution in [3.63, 3.8) is 0 Å². The highest BCUT2D eigenvalue weighted by atomic mass is 16.4. The molecular weight excluding hydrogens is 272 g/mol. The number of aliphatic carboxylic acids is 1. The number of nitrogens with one attached hydrogen (secondary N) is 1. The molecule has 2 aromatic heterocycles. The van der Waals surface area contributed by atoms with Gasteiger partial charge in [0.25, 0.3) is 5.91 Å². The van der Waals surface area contributed by atoms with E-state index in [1.54, 1.807) is 18.4 Å². The largest absolute Gasteiger partial charge is 0.481 e. The molecule has 0 aliphatic rings. The number of nitrogens with zero attached hydrogens (tertiary/aromatic N) is 3. The molecule has 2 N–H and O–H groups in total. The normalized spacial score (nSPS) is 12.3. The Morgan fingerprint density at radius 3 is 2.81 bits per heavy atom. The standard InChI is InChI=1S/C14H18N4O3/c1-8(14(20)21)4-5-15-13(19)11-7-16-12-6-9(2)17-18(12)10(11)3/h6-8H,4-5H2,1-3H3,(H,15,19)(H,20,21). The zero-order valence-corrected chi connectivity index (χ0v) is 12.3. The van der Waals surface area contributed by atoms with Crippen molar-refractivity contribution >= 4 is 17.5 Å². The fourth-order valence-electron chi connectivity index (χ4n) is 2.01. The van der Waals surface area contributed by atoms with Crippen LogP contribution in [0.2, 0.25) is 0 Å². The fraction of sp³-hybridized carbons (Fsp3) is 0.429. The van der Waals surface area contributed by atoms with E-state index < -0.39 is 11.9 Å². The number of aryl methyl sites for hydroxylation is 2. The van der Waals surface area contributed by atoms with Gasteiger partial charge in [0.2, 0.25) is 0 Å². The average molecular weight is 290 g/mol. The van der Waals surface area contributed by atoms with Gasteiger partial charge in [-0.05, 0) is 20.3 Å². The van der Waals surface area contributed by atoms with Crippen molar-refractivity contribution in [3.05, 3.63) is 29.2 Å². The van der Waals surface area contributed by atoms with Crippen LogP contribution in [0.3, 0.4) is 0 Å². The van der Waals surface area contributed by atoms with E-state index in [1.165, 1.54) is 6.20 Å². The number of carbonyl (C=O) groups excluding carboxylic acids is 1. The summed E-state index contributed by atoms with van der Waals surface area (Å²) in [6.45, 7) is 5.58. The minimum absolute atomic E-state index is 0.271. The molecule has 0 saturated carbocycles. The number of carboxylic acid groups (broad SMARTS) is 1. The van der Waals surface area contributed by atoms with Gasteiger partial charge >= 0.3 is 5.97 Å². The summed E-state index contributed by atoms with van der Waals surface area (Å²) in [6, 6.07) is 1.84. The van der Waals surface area contributed by atoms with Crippen LogP contribution in [0.4, 0.5) is 0 Å². The summed E-state index contributed by atoms with van der Waals surface area (Å²) in [5.74, 6) is -1.62. The van der Waals surface area contributed by atoms with Gasteiger partial charge in [-0.15, -0.1) is 0 Å². The smallest absolute Gasteiger partial charge is 0.306 e. The Morgan fingerprint density at radius 2 is 2.14 bits per heavy atom. The van der Waals surface area contributed by atoms with Crippen LogP contribution in [0, 0.1) is 19.8 Å². The molecule has 2 aromatic rings. The molecule has 0 radical (unpaired) electrons. The Labute approximate surface area is 122 Å². The molecule has 0 bridgehead atoms. The minimum Gasteiger partial charge on any atom is -0.481 e. The van der Waals surface area contributed by atoms with Gasteiger partial charge in [0, 0.05) is 18.8 Å². The maximum atomic E-state index is 12.1. The predicted octanol–water partition coefficient (Wildman–Crippen LogP) is 1.19. The lowest BCUT2D eigenvalue weighted by Crippen LogP contribution is -2.28. The second-order valence-corrected chi connectivity index (χ2v) is 5.10. The summed E-state index contributed by atoms with van der Waals surface area (Å²) >= 11 is 0. The molecule has 0 spiro atoms. The first-order valence-electron chi connectivity index (χ1n) is 6.73. The lowest BCUT2D eigenvalue weighted by atomic mass is 10.1. The predicted molar refractivity (Wildman–Crippen MR) is 76.2 cm³/mol. The first-order valence-corrected chi connectivity index (χ1v) is 6.73. The summed E-state index contributed by atoms with van der Waals surface area (Å²) in [7, 11) is 0. The van der Waals surface area contributed by atoms with E-state index in [-0.39, 0.29) is 5.91 Å². The number of aromatic nitrogens is 3. The second kappa shape index (κ2) is 5.90. The Bertz CT molecular complexity index is 693. The van der Waals surface area contributed by atoms with Gasteiger partial charge in [-0.2, -0.15) is 5.10 Å². The van der Waals surface area contributed by atoms with Crippen molar-refractivity contribution < 1.29 is 14.7 Å². The molecule has 1 unspecified atom stereocenters. The topological polar surface area (TPSA) is 96.6 Å². The van der Waals surface area contributed by atoms with Gasteiger partial charge < -0.3 is 10.4 Å². The first-order chi connectivity index (χ1) is 9.90. The van der Waals surface area contributed by atoms with Crippen LogP contribution in [0.5, 0.6) is 0 Å². The zero-order valence-electron chi connectivity index (χ0n) is 12.3. The van der Waals surface area contributed by atoms with E-state index in [1.807, 2.05) is 13.0 Å². The van der Waals surface area contributed by atoms with Crippen molar-refractivity contribution in [3.8, 4) is 0 Å². The fourth-order valence-corrected chi connectivity index (χ4v) is 2.01. The van der Waals surface area contributed by atoms with Gasteiger partial charge in [-0.25, -0.2) is 9.50 Å². The summed E-state index contributed by atoms with van der Waals surface area (Å²) in [5, 5.41) is 15.8. The molecular formula is C14H18N4O3. The van der Waals surface area contributed by atoms with Crippen LogP contribution in [-0.4, -0.2) is 38.1 Å². The van der Waals surface area contributed by atoms with Crippen LogP contribution in [-0.2, 0) is 4.79 Å². The van der Waals surface area contributed by atoms with Crippen molar-refractivity contribution in [2.45, 2.75) is 27.2 Å². The van der Waals surface area contributed by atoms with Gasteiger partial charge in [0.1, 0.15) is 0 Å². The lowest BCUT2D eigenvalue weighted by molar-refractivity contribution is -0.141. The summed E-state index contributed by atoms with van der Waals surface area (Å²) < 4.78 is 1.63. The molecule has 0 saturated heterocycles. The van der Waals surface area contributed by atoms with Gasteiger partial charge in [-0.1, -0.05) is 6.92 Å². The van der Waals surface area contributed by atoms with Crippen molar-refractivity contribution in [1.29, 1.82) is 0 Å². The van der Waals surface area contributed by atoms with Gasteiger partial charge in [0.05, 0.1) is 22.9 Å². The molecule has 7 heteroatoms. The molecule has 112 valence electrons. The monoisotopic (exact) mass is 290 g/mol. The highest BCUT2D eigenvalue weighted by molar-refractivity contribution is 5.95. The summed E-state index contributed by atoms with van der Waals surface area (Å²) in [4.78, 5) is 27.0. The first kappa shape index (κ1) is 15.0. The van der Waals surface area contributed by atoms with E-state index >= 15 is 0 Å². The van der Waals surface area contributed by atoms with Crippen molar-refractivity contribution in [2.75, 3.05) is 6.54 Å². The Hall–Kier alpha value is -2.44. The third-order valence-electron chi connectivity index (χ3n) is 3.38. The number of hydrogen-bond donors (Lipinski definition) is 2. The highest BCUT2D eigenvalue weighted by Gasteiger charge is 2.15. The third-order valence-corrected chi connectivity index (χ3v) is 3.38. The summed E-state index contributed by atoms with van der Waals surface area (Å²) in [6.07, 6.45) is 1.90. The molecule has 7 nitrogen and oxygen atoms in total. The second-order valence-electron chi connectivity index (χ2n) is 5.10. The number of fused-ring (bicyclic) bond motifs is 1. The van der Waals surface area contributed by atoms with Crippen LogP contribution >= 0.6 is 0 Å². The molecule has 21 heavy (non-hydrogen) atoms. The number of rotatable bonds is 5. The molecule has 0 aromatic carbocycles. The number of hydrogen-bond acceptors (Lipinski definition) is 4. The summed E-state index contributed by atoms with van der Waals surface area (Å²) in [5.41, 5.74) is 2.67. The van der Waals surface area contributed by atoms with E-state index in [2.05, 4.69) is 15.4 Å². The van der Waals surface area contributed by atoms with Crippen LogP contribution in [0.1, 0.15) is 35.1 Å². The quantitative estimate of drug-likeness (QED) is 0.862. The number of amides is 1.